The molecule has 0 spiro atoms. The fourth-order valence-electron chi connectivity index (χ4n) is 1.91. The highest BCUT2D eigenvalue weighted by Gasteiger charge is 2.12. The van der Waals surface area contributed by atoms with Gasteiger partial charge in [0, 0.05) is 0 Å². The van der Waals surface area contributed by atoms with E-state index in [2.05, 4.69) is 15.0 Å². The Hall–Kier alpha value is -2.77. The van der Waals surface area contributed by atoms with Gasteiger partial charge >= 0.3 is 0 Å². The van der Waals surface area contributed by atoms with Crippen molar-refractivity contribution in [1.29, 1.82) is 0 Å². The van der Waals surface area contributed by atoms with E-state index in [-0.39, 0.29) is 23.7 Å². The molecule has 3 aromatic rings. The lowest BCUT2D eigenvalue weighted by Gasteiger charge is -2.08. The fourth-order valence-corrected chi connectivity index (χ4v) is 1.91. The molecule has 0 fully saturated rings. The minimum Gasteiger partial charge on any atom is -0.369 e. The molecule has 0 aliphatic carbocycles. The van der Waals surface area contributed by atoms with Crippen molar-refractivity contribution in [3.63, 3.8) is 0 Å². The van der Waals surface area contributed by atoms with E-state index >= 15 is 0 Å². The van der Waals surface area contributed by atoms with Crippen molar-refractivity contribution >= 4 is 17.1 Å². The van der Waals surface area contributed by atoms with Crippen molar-refractivity contribution in [3.05, 3.63) is 52.1 Å². The number of anilines is 1. The van der Waals surface area contributed by atoms with E-state index in [4.69, 9.17) is 5.73 Å². The van der Waals surface area contributed by atoms with Gasteiger partial charge in [-0.1, -0.05) is 6.07 Å². The Labute approximate surface area is 110 Å². The molecule has 2 heterocycles. The summed E-state index contributed by atoms with van der Waals surface area (Å²) in [4.78, 5) is 22.7. The molecule has 0 radical (unpaired) electrons. The summed E-state index contributed by atoms with van der Waals surface area (Å²) < 4.78 is 27.2. The highest BCUT2D eigenvalue weighted by Crippen LogP contribution is 2.11. The number of H-pyrrole nitrogens is 1. The van der Waals surface area contributed by atoms with E-state index in [9.17, 15) is 13.6 Å². The van der Waals surface area contributed by atoms with Crippen molar-refractivity contribution in [3.8, 4) is 0 Å². The summed E-state index contributed by atoms with van der Waals surface area (Å²) in [7, 11) is 0. The summed E-state index contributed by atoms with van der Waals surface area (Å²) in [6, 6.07) is 3.38. The van der Waals surface area contributed by atoms with Crippen molar-refractivity contribution in [2.24, 2.45) is 0 Å². The summed E-state index contributed by atoms with van der Waals surface area (Å²) in [6.07, 6.45) is 1.33. The molecule has 0 saturated carbocycles. The predicted molar refractivity (Wildman–Crippen MR) is 68.0 cm³/mol. The topological polar surface area (TPSA) is 89.6 Å². The van der Waals surface area contributed by atoms with Crippen LogP contribution in [0.4, 0.5) is 14.7 Å². The van der Waals surface area contributed by atoms with Gasteiger partial charge in [-0.25, -0.2) is 13.8 Å². The van der Waals surface area contributed by atoms with Crippen LogP contribution in [0, 0.1) is 11.6 Å². The monoisotopic (exact) mass is 277 g/mol. The first kappa shape index (κ1) is 12.3. The van der Waals surface area contributed by atoms with Crippen LogP contribution in [0.1, 0.15) is 5.56 Å². The Bertz CT molecular complexity index is 855. The lowest BCUT2D eigenvalue weighted by atomic mass is 10.2. The fraction of sp³-hybridized carbons (Fsp3) is 0.0833. The van der Waals surface area contributed by atoms with E-state index in [1.807, 2.05) is 0 Å². The molecule has 102 valence electrons. The quantitative estimate of drug-likeness (QED) is 0.732. The van der Waals surface area contributed by atoms with Crippen LogP contribution in [0.25, 0.3) is 11.2 Å². The highest BCUT2D eigenvalue weighted by molar-refractivity contribution is 5.69. The van der Waals surface area contributed by atoms with E-state index in [0.717, 1.165) is 16.7 Å². The highest BCUT2D eigenvalue weighted by atomic mass is 19.2. The maximum Gasteiger partial charge on any atom is 0.283 e. The third-order valence-corrected chi connectivity index (χ3v) is 2.89. The minimum atomic E-state index is -0.983. The number of hydrogen-bond donors (Lipinski definition) is 2. The third-order valence-electron chi connectivity index (χ3n) is 2.89. The number of halogens is 2. The molecule has 20 heavy (non-hydrogen) atoms. The second-order valence-corrected chi connectivity index (χ2v) is 4.21. The first-order valence-corrected chi connectivity index (χ1v) is 5.69. The molecule has 8 heteroatoms. The number of hydrogen-bond acceptors (Lipinski definition) is 4. The molecule has 3 N–H and O–H groups in total. The SMILES string of the molecule is Nc1nc2[nH]cnc2c(=O)n1Cc1ccc(F)c(F)c1. The second-order valence-electron chi connectivity index (χ2n) is 4.21. The summed E-state index contributed by atoms with van der Waals surface area (Å²) in [5.41, 5.74) is 6.08. The van der Waals surface area contributed by atoms with Gasteiger partial charge < -0.3 is 10.7 Å². The molecule has 2 aromatic heterocycles. The molecule has 6 nitrogen and oxygen atoms in total. The van der Waals surface area contributed by atoms with Gasteiger partial charge in [0.2, 0.25) is 5.95 Å². The number of imidazole rings is 1. The Morgan fingerprint density at radius 1 is 1.30 bits per heavy atom. The summed E-state index contributed by atoms with van der Waals surface area (Å²) in [6.45, 7) is -0.0162. The van der Waals surface area contributed by atoms with Crippen molar-refractivity contribution in [1.82, 2.24) is 19.5 Å². The van der Waals surface area contributed by atoms with Crippen LogP contribution in [-0.4, -0.2) is 19.5 Å². The number of nitrogens with zero attached hydrogens (tertiary/aromatic N) is 3. The number of nitrogens with one attached hydrogen (secondary N) is 1. The Balaban J connectivity index is 2.10. The van der Waals surface area contributed by atoms with Crippen molar-refractivity contribution in [2.75, 3.05) is 5.73 Å². The first-order chi connectivity index (χ1) is 9.56. The molecule has 0 aliphatic heterocycles. The zero-order valence-corrected chi connectivity index (χ0v) is 10.1. The summed E-state index contributed by atoms with van der Waals surface area (Å²) >= 11 is 0. The van der Waals surface area contributed by atoms with Crippen molar-refractivity contribution in [2.45, 2.75) is 6.54 Å². The zero-order valence-electron chi connectivity index (χ0n) is 10.1. The van der Waals surface area contributed by atoms with Crippen molar-refractivity contribution < 1.29 is 8.78 Å². The number of nitrogens with two attached hydrogens (primary N) is 1. The van der Waals surface area contributed by atoms with Gasteiger partial charge in [0.1, 0.15) is 0 Å². The average molecular weight is 277 g/mol. The second kappa shape index (κ2) is 4.41. The standard InChI is InChI=1S/C12H9F2N5O/c13-7-2-1-6(3-8(7)14)4-19-11(20)9-10(17-5-16-9)18-12(19)15/h1-3,5H,4H2,(H2,15,18)(H,16,17). The Morgan fingerprint density at radius 2 is 2.10 bits per heavy atom. The molecule has 0 unspecified atom stereocenters. The third kappa shape index (κ3) is 1.91. The van der Waals surface area contributed by atoms with Crippen LogP contribution in [0.5, 0.6) is 0 Å². The molecule has 3 rings (SSSR count). The molecule has 0 saturated heterocycles. The lowest BCUT2D eigenvalue weighted by molar-refractivity contribution is 0.506. The molecule has 1 aromatic carbocycles. The molecular formula is C12H9F2N5O. The van der Waals surface area contributed by atoms with Crippen LogP contribution in [-0.2, 0) is 6.54 Å². The maximum absolute atomic E-state index is 13.2. The molecule has 0 aliphatic rings. The molecule has 0 atom stereocenters. The maximum atomic E-state index is 13.2. The lowest BCUT2D eigenvalue weighted by Crippen LogP contribution is -2.25. The van der Waals surface area contributed by atoms with Crippen LogP contribution in [0.3, 0.4) is 0 Å². The number of fused-ring (bicyclic) bond motifs is 1. The minimum absolute atomic E-state index is 0.0162. The normalized spacial score (nSPS) is 11.1. The smallest absolute Gasteiger partial charge is 0.283 e. The van der Waals surface area contributed by atoms with Gasteiger partial charge in [0.05, 0.1) is 12.9 Å². The van der Waals surface area contributed by atoms with Crippen LogP contribution < -0.4 is 11.3 Å². The number of aromatic nitrogens is 4. The molecule has 0 amide bonds. The van der Waals surface area contributed by atoms with E-state index in [0.29, 0.717) is 5.56 Å². The van der Waals surface area contributed by atoms with Crippen LogP contribution >= 0.6 is 0 Å². The van der Waals surface area contributed by atoms with E-state index in [1.54, 1.807) is 0 Å². The largest absolute Gasteiger partial charge is 0.369 e. The van der Waals surface area contributed by atoms with E-state index in [1.165, 1.54) is 12.4 Å². The Morgan fingerprint density at radius 3 is 2.85 bits per heavy atom. The van der Waals surface area contributed by atoms with Gasteiger partial charge in [-0.3, -0.25) is 9.36 Å². The van der Waals surface area contributed by atoms with Gasteiger partial charge in [0.15, 0.2) is 22.8 Å². The van der Waals surface area contributed by atoms with E-state index < -0.39 is 17.2 Å². The number of aromatic amines is 1. The zero-order chi connectivity index (χ0) is 14.3. The van der Waals surface area contributed by atoms with Gasteiger partial charge in [-0.15, -0.1) is 0 Å². The van der Waals surface area contributed by atoms with Crippen LogP contribution in [0.2, 0.25) is 0 Å². The summed E-state index contributed by atoms with van der Waals surface area (Å²) in [5.74, 6) is -1.96. The average Bonchev–Trinajstić information content (AvgIpc) is 2.87. The number of nitrogen functional groups attached to an aromatic ring is 1. The van der Waals surface area contributed by atoms with Crippen LogP contribution in [0.15, 0.2) is 29.3 Å². The predicted octanol–water partition coefficient (Wildman–Crippen LogP) is 1.03. The first-order valence-electron chi connectivity index (χ1n) is 5.69. The van der Waals surface area contributed by atoms with Gasteiger partial charge in [0.25, 0.3) is 5.56 Å². The number of rotatable bonds is 2. The molecule has 0 bridgehead atoms. The number of benzene rings is 1. The summed E-state index contributed by atoms with van der Waals surface area (Å²) in [5, 5.41) is 0. The Kier molecular flexibility index (Phi) is 2.70. The molecular weight excluding hydrogens is 268 g/mol. The van der Waals surface area contributed by atoms with Gasteiger partial charge in [-0.05, 0) is 17.7 Å². The van der Waals surface area contributed by atoms with Gasteiger partial charge in [-0.2, -0.15) is 4.98 Å².